The van der Waals surface area contributed by atoms with Crippen LogP contribution in [0.15, 0.2) is 0 Å². The number of nitrogens with zero attached hydrogens (tertiary/aromatic N) is 1. The molecule has 5 nitrogen and oxygen atoms in total. The first kappa shape index (κ1) is 19.1. The second kappa shape index (κ2) is 11.6. The van der Waals surface area contributed by atoms with Gasteiger partial charge in [0.15, 0.2) is 0 Å². The molecule has 1 aliphatic rings. The van der Waals surface area contributed by atoms with Gasteiger partial charge in [0.05, 0.1) is 0 Å². The highest BCUT2D eigenvalue weighted by molar-refractivity contribution is 5.88. The van der Waals surface area contributed by atoms with Crippen molar-refractivity contribution in [3.8, 4) is 0 Å². The first-order valence-electron chi connectivity index (χ1n) is 8.85. The average Bonchev–Trinajstić information content (AvgIpc) is 2.91. The molecule has 128 valence electrons. The van der Waals surface area contributed by atoms with Crippen LogP contribution < -0.4 is 0 Å². The predicted molar refractivity (Wildman–Crippen MR) is 84.5 cm³/mol. The maximum Gasteiger partial charge on any atom is 0.333 e. The fourth-order valence-corrected chi connectivity index (χ4v) is 2.80. The zero-order valence-corrected chi connectivity index (χ0v) is 13.9. The van der Waals surface area contributed by atoms with Crippen molar-refractivity contribution < 1.29 is 19.5 Å². The number of hydrogen-bond acceptors (Lipinski definition) is 5. The Hall–Kier alpha value is -0.940. The van der Waals surface area contributed by atoms with Gasteiger partial charge < -0.3 is 9.94 Å². The van der Waals surface area contributed by atoms with E-state index in [1.807, 2.05) is 0 Å². The second-order valence-electron chi connectivity index (χ2n) is 6.19. The molecular weight excluding hydrogens is 282 g/mol. The van der Waals surface area contributed by atoms with Gasteiger partial charge in [0.1, 0.15) is 6.04 Å². The highest BCUT2D eigenvalue weighted by atomic mass is 16.6. The third kappa shape index (κ3) is 7.90. The van der Waals surface area contributed by atoms with E-state index in [1.54, 1.807) is 0 Å². The number of hydrogen-bond donors (Lipinski definition) is 1. The van der Waals surface area contributed by atoms with Gasteiger partial charge in [0.25, 0.3) is 0 Å². The molecule has 0 bridgehead atoms. The molecule has 1 N–H and O–H groups in total. The van der Waals surface area contributed by atoms with Crippen molar-refractivity contribution in [3.63, 3.8) is 0 Å². The van der Waals surface area contributed by atoms with Crippen LogP contribution in [-0.2, 0) is 14.3 Å². The highest BCUT2D eigenvalue weighted by Crippen LogP contribution is 2.16. The van der Waals surface area contributed by atoms with E-state index in [-0.39, 0.29) is 0 Å². The van der Waals surface area contributed by atoms with Crippen LogP contribution in [-0.4, -0.2) is 34.8 Å². The molecule has 0 aromatic rings. The number of ether oxygens (including phenoxy) is 1. The Bertz CT molecular complexity index is 333. The summed E-state index contributed by atoms with van der Waals surface area (Å²) in [6.45, 7) is 2.68. The van der Waals surface area contributed by atoms with E-state index in [4.69, 9.17) is 4.74 Å². The van der Waals surface area contributed by atoms with Crippen molar-refractivity contribution in [2.24, 2.45) is 0 Å². The van der Waals surface area contributed by atoms with Gasteiger partial charge in [-0.05, 0) is 19.3 Å². The molecule has 1 rings (SSSR count). The van der Waals surface area contributed by atoms with E-state index in [0.717, 1.165) is 30.7 Å². The van der Waals surface area contributed by atoms with Crippen LogP contribution in [0.1, 0.15) is 84.0 Å². The molecule has 0 unspecified atom stereocenters. The lowest BCUT2D eigenvalue weighted by molar-refractivity contribution is -0.174. The summed E-state index contributed by atoms with van der Waals surface area (Å²) in [5.41, 5.74) is 0. The Balaban J connectivity index is 1.96. The minimum absolute atomic E-state index is 0.291. The van der Waals surface area contributed by atoms with Gasteiger partial charge in [-0.3, -0.25) is 4.79 Å². The Kier molecular flexibility index (Phi) is 10.1. The van der Waals surface area contributed by atoms with Crippen LogP contribution in [0, 0.1) is 0 Å². The van der Waals surface area contributed by atoms with Crippen molar-refractivity contribution in [3.05, 3.63) is 0 Å². The van der Waals surface area contributed by atoms with Crippen LogP contribution >= 0.6 is 0 Å². The topological polar surface area (TPSA) is 66.8 Å². The summed E-state index contributed by atoms with van der Waals surface area (Å²) < 4.78 is 4.80. The van der Waals surface area contributed by atoms with Crippen LogP contribution in [0.4, 0.5) is 0 Å². The molecule has 1 atom stereocenters. The smallest absolute Gasteiger partial charge is 0.333 e. The van der Waals surface area contributed by atoms with Crippen LogP contribution in [0.5, 0.6) is 0 Å². The number of carbonyl (C=O) groups excluding carboxylic acids is 2. The lowest BCUT2D eigenvalue weighted by Gasteiger charge is -2.15. The molecule has 0 aliphatic carbocycles. The minimum Gasteiger partial charge on any atom is -0.392 e. The van der Waals surface area contributed by atoms with Gasteiger partial charge in [-0.25, -0.2) is 4.79 Å². The Labute approximate surface area is 134 Å². The van der Waals surface area contributed by atoms with Gasteiger partial charge in [-0.2, -0.15) is 5.06 Å². The summed E-state index contributed by atoms with van der Waals surface area (Å²) in [5.74, 6) is -1.07. The van der Waals surface area contributed by atoms with E-state index in [2.05, 4.69) is 6.92 Å². The van der Waals surface area contributed by atoms with Crippen molar-refractivity contribution >= 4 is 11.9 Å². The fourth-order valence-electron chi connectivity index (χ4n) is 2.80. The van der Waals surface area contributed by atoms with E-state index < -0.39 is 18.0 Å². The maximum absolute atomic E-state index is 11.7. The molecule has 1 fully saturated rings. The van der Waals surface area contributed by atoms with Crippen molar-refractivity contribution in [2.45, 2.75) is 90.0 Å². The summed E-state index contributed by atoms with van der Waals surface area (Å²) in [4.78, 5) is 23.3. The minimum atomic E-state index is -0.660. The highest BCUT2D eigenvalue weighted by Gasteiger charge is 2.32. The molecule has 22 heavy (non-hydrogen) atoms. The molecular formula is C17H31NO4. The molecule has 0 aromatic heterocycles. The van der Waals surface area contributed by atoms with E-state index in [9.17, 15) is 14.8 Å². The second-order valence-corrected chi connectivity index (χ2v) is 6.19. The van der Waals surface area contributed by atoms with Crippen LogP contribution in [0.2, 0.25) is 0 Å². The molecule has 1 saturated heterocycles. The zero-order valence-electron chi connectivity index (χ0n) is 13.9. The number of carbonyl (C=O) groups is 2. The Morgan fingerprint density at radius 3 is 2.18 bits per heavy atom. The van der Waals surface area contributed by atoms with Gasteiger partial charge in [-0.1, -0.05) is 58.3 Å². The monoisotopic (exact) mass is 313 g/mol. The lowest BCUT2D eigenvalue weighted by atomic mass is 10.1. The standard InChI is InChI=1S/C17H31NO4/c1-2-3-4-5-6-7-8-9-10-13-16(19)22-17(20)15-12-11-14-18(15)21/h15,21H,2-14H2,1H3/t15-/m1/s1. The molecule has 1 aliphatic heterocycles. The molecule has 0 aromatic carbocycles. The number of unbranched alkanes of at least 4 members (excludes halogenated alkanes) is 8. The first-order valence-corrected chi connectivity index (χ1v) is 8.85. The molecule has 0 radical (unpaired) electrons. The summed E-state index contributed by atoms with van der Waals surface area (Å²) in [6.07, 6.45) is 12.3. The largest absolute Gasteiger partial charge is 0.392 e. The Morgan fingerprint density at radius 1 is 1.05 bits per heavy atom. The number of rotatable bonds is 11. The van der Waals surface area contributed by atoms with E-state index in [1.165, 1.54) is 38.5 Å². The normalized spacial score (nSPS) is 18.5. The third-order valence-electron chi connectivity index (χ3n) is 4.20. The number of esters is 2. The molecule has 0 saturated carbocycles. The van der Waals surface area contributed by atoms with Gasteiger partial charge in [0.2, 0.25) is 0 Å². The molecule has 1 heterocycles. The van der Waals surface area contributed by atoms with Crippen LogP contribution in [0.3, 0.4) is 0 Å². The summed E-state index contributed by atoms with van der Waals surface area (Å²) in [6, 6.07) is -0.660. The summed E-state index contributed by atoms with van der Waals surface area (Å²) in [7, 11) is 0. The van der Waals surface area contributed by atoms with Gasteiger partial charge in [-0.15, -0.1) is 0 Å². The summed E-state index contributed by atoms with van der Waals surface area (Å²) in [5, 5.41) is 10.4. The van der Waals surface area contributed by atoms with E-state index in [0.29, 0.717) is 19.4 Å². The lowest BCUT2D eigenvalue weighted by Crippen LogP contribution is -2.35. The summed E-state index contributed by atoms with van der Waals surface area (Å²) >= 11 is 0. The maximum atomic E-state index is 11.7. The SMILES string of the molecule is CCCCCCCCCCCC(=O)OC(=O)[C@H]1CCCN1O. The number of hydroxylamine groups is 2. The molecule has 0 amide bonds. The average molecular weight is 313 g/mol. The van der Waals surface area contributed by atoms with Gasteiger partial charge >= 0.3 is 11.9 Å². The quantitative estimate of drug-likeness (QED) is 0.357. The van der Waals surface area contributed by atoms with Gasteiger partial charge in [0, 0.05) is 13.0 Å². The fraction of sp³-hybridized carbons (Fsp3) is 0.882. The van der Waals surface area contributed by atoms with Crippen molar-refractivity contribution in [1.82, 2.24) is 5.06 Å². The molecule has 0 spiro atoms. The first-order chi connectivity index (χ1) is 10.6. The Morgan fingerprint density at radius 2 is 1.64 bits per heavy atom. The zero-order chi connectivity index (χ0) is 16.2. The van der Waals surface area contributed by atoms with Crippen molar-refractivity contribution in [1.29, 1.82) is 0 Å². The van der Waals surface area contributed by atoms with Crippen molar-refractivity contribution in [2.75, 3.05) is 6.54 Å². The van der Waals surface area contributed by atoms with E-state index >= 15 is 0 Å². The third-order valence-corrected chi connectivity index (χ3v) is 4.20. The predicted octanol–water partition coefficient (Wildman–Crippen LogP) is 3.83. The van der Waals surface area contributed by atoms with Crippen LogP contribution in [0.25, 0.3) is 0 Å². The molecule has 5 heteroatoms.